The Morgan fingerprint density at radius 2 is 2.27 bits per heavy atom. The summed E-state index contributed by atoms with van der Waals surface area (Å²) in [6, 6.07) is 12.3. The van der Waals surface area contributed by atoms with Gasteiger partial charge in [-0.2, -0.15) is 5.26 Å². The molecule has 0 bridgehead atoms. The molecule has 0 spiro atoms. The fourth-order valence-corrected chi connectivity index (χ4v) is 1.85. The first kappa shape index (κ1) is 9.92. The number of nitrogens with zero attached hydrogens (tertiary/aromatic N) is 2. The van der Waals surface area contributed by atoms with Gasteiger partial charge in [0.1, 0.15) is 5.54 Å². The van der Waals surface area contributed by atoms with E-state index in [4.69, 9.17) is 5.26 Å². The van der Waals surface area contributed by atoms with Crippen LogP contribution in [0.25, 0.3) is 0 Å². The molecule has 1 fully saturated rings. The first-order valence-corrected chi connectivity index (χ1v) is 5.32. The van der Waals surface area contributed by atoms with Crippen LogP contribution in [0.15, 0.2) is 35.3 Å². The monoisotopic (exact) mass is 198 g/mol. The van der Waals surface area contributed by atoms with E-state index >= 15 is 0 Å². The van der Waals surface area contributed by atoms with Crippen LogP contribution in [0.1, 0.15) is 25.3 Å². The van der Waals surface area contributed by atoms with Crippen molar-refractivity contribution < 1.29 is 0 Å². The Balaban J connectivity index is 2.10. The van der Waals surface area contributed by atoms with Crippen molar-refractivity contribution in [3.63, 3.8) is 0 Å². The average Bonchev–Trinajstić information content (AvgIpc) is 3.02. The summed E-state index contributed by atoms with van der Waals surface area (Å²) in [7, 11) is 0. The van der Waals surface area contributed by atoms with Crippen LogP contribution in [0.3, 0.4) is 0 Å². The summed E-state index contributed by atoms with van der Waals surface area (Å²) in [5, 5.41) is 9.07. The molecule has 2 rings (SSSR count). The number of aliphatic imine (C=N–C) groups is 1. The molecule has 0 aliphatic heterocycles. The van der Waals surface area contributed by atoms with Crippen molar-refractivity contribution in [2.45, 2.75) is 25.3 Å². The average molecular weight is 198 g/mol. The van der Waals surface area contributed by atoms with E-state index in [0.717, 1.165) is 18.4 Å². The second-order valence-electron chi connectivity index (χ2n) is 4.01. The normalized spacial score (nSPS) is 28.9. The van der Waals surface area contributed by atoms with Crippen molar-refractivity contribution in [2.24, 2.45) is 10.9 Å². The predicted molar refractivity (Wildman–Crippen MR) is 60.8 cm³/mol. The zero-order valence-electron chi connectivity index (χ0n) is 8.85. The van der Waals surface area contributed by atoms with Crippen LogP contribution in [0.4, 0.5) is 0 Å². The lowest BCUT2D eigenvalue weighted by Gasteiger charge is -1.99. The van der Waals surface area contributed by atoms with Crippen molar-refractivity contribution in [2.75, 3.05) is 0 Å². The Labute approximate surface area is 90.3 Å². The van der Waals surface area contributed by atoms with Crippen LogP contribution in [-0.2, 0) is 0 Å². The van der Waals surface area contributed by atoms with Gasteiger partial charge in [0.15, 0.2) is 0 Å². The Morgan fingerprint density at radius 1 is 1.53 bits per heavy atom. The molecule has 0 N–H and O–H groups in total. The molecule has 0 unspecified atom stereocenters. The number of hydrogen-bond acceptors (Lipinski definition) is 2. The Hall–Kier alpha value is -1.62. The minimum absolute atomic E-state index is 0.412. The zero-order valence-corrected chi connectivity index (χ0v) is 8.85. The van der Waals surface area contributed by atoms with Crippen LogP contribution in [0.5, 0.6) is 0 Å². The third kappa shape index (κ3) is 1.92. The largest absolute Gasteiger partial charge is 0.270 e. The fraction of sp³-hybridized carbons (Fsp3) is 0.385. The van der Waals surface area contributed by atoms with E-state index in [2.05, 4.69) is 18.0 Å². The molecule has 2 atom stereocenters. The maximum Gasteiger partial charge on any atom is 0.150 e. The van der Waals surface area contributed by atoms with Crippen LogP contribution in [0, 0.1) is 17.2 Å². The SMILES string of the molecule is CC[C@@H]1C[C@@]1(C#N)N=Cc1ccccc1. The highest BCUT2D eigenvalue weighted by Gasteiger charge is 2.53. The number of rotatable bonds is 3. The fourth-order valence-electron chi connectivity index (χ4n) is 1.85. The maximum absolute atomic E-state index is 9.07. The molecule has 1 saturated carbocycles. The van der Waals surface area contributed by atoms with E-state index in [0.29, 0.717) is 5.92 Å². The van der Waals surface area contributed by atoms with Crippen LogP contribution < -0.4 is 0 Å². The van der Waals surface area contributed by atoms with Crippen molar-refractivity contribution in [1.29, 1.82) is 5.26 Å². The van der Waals surface area contributed by atoms with Gasteiger partial charge in [-0.25, -0.2) is 0 Å². The van der Waals surface area contributed by atoms with Crippen LogP contribution in [0.2, 0.25) is 0 Å². The molecule has 76 valence electrons. The molecular weight excluding hydrogens is 184 g/mol. The van der Waals surface area contributed by atoms with Crippen molar-refractivity contribution in [1.82, 2.24) is 0 Å². The summed E-state index contributed by atoms with van der Waals surface area (Å²) in [5.41, 5.74) is 0.652. The third-order valence-electron chi connectivity index (χ3n) is 3.00. The summed E-state index contributed by atoms with van der Waals surface area (Å²) in [6.07, 6.45) is 3.78. The Bertz CT molecular complexity index is 402. The minimum atomic E-state index is -0.412. The van der Waals surface area contributed by atoms with Gasteiger partial charge in [0.2, 0.25) is 0 Å². The molecule has 0 heterocycles. The van der Waals surface area contributed by atoms with Gasteiger partial charge in [0.25, 0.3) is 0 Å². The van der Waals surface area contributed by atoms with Gasteiger partial charge in [-0.15, -0.1) is 0 Å². The highest BCUT2D eigenvalue weighted by molar-refractivity contribution is 5.80. The molecule has 0 amide bonds. The van der Waals surface area contributed by atoms with Gasteiger partial charge in [0.05, 0.1) is 6.07 Å². The second-order valence-corrected chi connectivity index (χ2v) is 4.01. The summed E-state index contributed by atoms with van der Waals surface area (Å²) in [5.74, 6) is 0.461. The summed E-state index contributed by atoms with van der Waals surface area (Å²) >= 11 is 0. The topological polar surface area (TPSA) is 36.1 Å². The molecular formula is C13H14N2. The van der Waals surface area contributed by atoms with Crippen LogP contribution in [-0.4, -0.2) is 11.8 Å². The number of nitriles is 1. The van der Waals surface area contributed by atoms with Crippen LogP contribution >= 0.6 is 0 Å². The lowest BCUT2D eigenvalue weighted by atomic mass is 10.2. The highest BCUT2D eigenvalue weighted by Crippen LogP contribution is 2.48. The standard InChI is InChI=1S/C13H14N2/c1-2-12-8-13(12,10-14)15-9-11-6-4-3-5-7-11/h3-7,9,12H,2,8H2,1H3/t12-,13+/m1/s1. The van der Waals surface area contributed by atoms with E-state index in [1.807, 2.05) is 36.5 Å². The molecule has 1 aromatic rings. The summed E-state index contributed by atoms with van der Waals surface area (Å²) in [6.45, 7) is 2.11. The molecule has 0 saturated heterocycles. The second kappa shape index (κ2) is 3.86. The first-order chi connectivity index (χ1) is 7.30. The summed E-state index contributed by atoms with van der Waals surface area (Å²) in [4.78, 5) is 4.42. The van der Waals surface area contributed by atoms with E-state index in [9.17, 15) is 0 Å². The van der Waals surface area contributed by atoms with Crippen molar-refractivity contribution in [3.8, 4) is 6.07 Å². The predicted octanol–water partition coefficient (Wildman–Crippen LogP) is 2.80. The first-order valence-electron chi connectivity index (χ1n) is 5.32. The Kier molecular flexibility index (Phi) is 2.55. The smallest absolute Gasteiger partial charge is 0.150 e. The summed E-state index contributed by atoms with van der Waals surface area (Å²) < 4.78 is 0. The van der Waals surface area contributed by atoms with Gasteiger partial charge in [0, 0.05) is 12.1 Å². The molecule has 0 radical (unpaired) electrons. The minimum Gasteiger partial charge on any atom is -0.270 e. The van der Waals surface area contributed by atoms with E-state index in [1.165, 1.54) is 0 Å². The van der Waals surface area contributed by atoms with Gasteiger partial charge in [-0.05, 0) is 18.4 Å². The number of hydrogen-bond donors (Lipinski definition) is 0. The molecule has 2 nitrogen and oxygen atoms in total. The quantitative estimate of drug-likeness (QED) is 0.688. The van der Waals surface area contributed by atoms with Gasteiger partial charge in [-0.3, -0.25) is 4.99 Å². The van der Waals surface area contributed by atoms with Crippen molar-refractivity contribution in [3.05, 3.63) is 35.9 Å². The maximum atomic E-state index is 9.07. The highest BCUT2D eigenvalue weighted by atomic mass is 14.9. The molecule has 1 aliphatic rings. The third-order valence-corrected chi connectivity index (χ3v) is 3.00. The van der Waals surface area contributed by atoms with Gasteiger partial charge >= 0.3 is 0 Å². The van der Waals surface area contributed by atoms with E-state index < -0.39 is 5.54 Å². The Morgan fingerprint density at radius 3 is 2.80 bits per heavy atom. The lowest BCUT2D eigenvalue weighted by molar-refractivity contribution is 0.695. The zero-order chi connectivity index (χ0) is 10.7. The molecule has 1 aliphatic carbocycles. The molecule has 0 aromatic heterocycles. The van der Waals surface area contributed by atoms with E-state index in [-0.39, 0.29) is 0 Å². The lowest BCUT2D eigenvalue weighted by Crippen LogP contribution is -2.05. The molecule has 15 heavy (non-hydrogen) atoms. The number of benzene rings is 1. The van der Waals surface area contributed by atoms with Gasteiger partial charge < -0.3 is 0 Å². The molecule has 2 heteroatoms. The van der Waals surface area contributed by atoms with Crippen molar-refractivity contribution >= 4 is 6.21 Å². The van der Waals surface area contributed by atoms with E-state index in [1.54, 1.807) is 0 Å². The molecule has 1 aromatic carbocycles. The van der Waals surface area contributed by atoms with Gasteiger partial charge in [-0.1, -0.05) is 37.3 Å².